The lowest BCUT2D eigenvalue weighted by Gasteiger charge is -2.32. The number of ether oxygens (including phenoxy) is 1. The highest BCUT2D eigenvalue weighted by Gasteiger charge is 2.23. The van der Waals surface area contributed by atoms with Crippen molar-refractivity contribution in [2.24, 2.45) is 5.92 Å². The number of nitrogens with zero attached hydrogens (tertiary/aromatic N) is 1. The maximum absolute atomic E-state index is 11.7. The third kappa shape index (κ3) is 6.03. The van der Waals surface area contributed by atoms with Gasteiger partial charge in [0.1, 0.15) is 5.60 Å². The van der Waals surface area contributed by atoms with E-state index < -0.39 is 5.60 Å². The third-order valence-electron chi connectivity index (χ3n) is 2.91. The molecule has 1 heterocycles. The summed E-state index contributed by atoms with van der Waals surface area (Å²) in [6, 6.07) is 0. The van der Waals surface area contributed by atoms with Crippen LogP contribution in [0.2, 0.25) is 0 Å². The fraction of sp³-hybridized carbons (Fsp3) is 0.923. The van der Waals surface area contributed by atoms with E-state index in [9.17, 15) is 4.79 Å². The molecule has 4 heteroatoms. The van der Waals surface area contributed by atoms with E-state index in [-0.39, 0.29) is 12.6 Å². The number of carbonyl (C=O) groups excluding carboxylic acids is 1. The lowest BCUT2D eigenvalue weighted by Crippen LogP contribution is -2.41. The van der Waals surface area contributed by atoms with E-state index in [2.05, 4.69) is 4.90 Å². The molecular formula is C13H25NO3. The van der Waals surface area contributed by atoms with Crippen molar-refractivity contribution in [2.45, 2.75) is 45.6 Å². The molecule has 0 bridgehead atoms. The van der Waals surface area contributed by atoms with Crippen LogP contribution in [0.15, 0.2) is 0 Å². The lowest BCUT2D eigenvalue weighted by atomic mass is 9.95. The topological polar surface area (TPSA) is 49.8 Å². The molecule has 0 saturated carbocycles. The van der Waals surface area contributed by atoms with Gasteiger partial charge in [-0.2, -0.15) is 0 Å². The molecule has 1 unspecified atom stereocenters. The Labute approximate surface area is 104 Å². The van der Waals surface area contributed by atoms with Gasteiger partial charge in [0.05, 0.1) is 6.54 Å². The predicted octanol–water partition coefficient (Wildman–Crippen LogP) is 1.42. The summed E-state index contributed by atoms with van der Waals surface area (Å²) in [6.45, 7) is 8.13. The summed E-state index contributed by atoms with van der Waals surface area (Å²) >= 11 is 0. The van der Waals surface area contributed by atoms with Crippen molar-refractivity contribution in [3.05, 3.63) is 0 Å². The van der Waals surface area contributed by atoms with E-state index in [1.54, 1.807) is 0 Å². The lowest BCUT2D eigenvalue weighted by molar-refractivity contribution is -0.156. The molecule has 1 aliphatic heterocycles. The molecule has 4 nitrogen and oxygen atoms in total. The monoisotopic (exact) mass is 243 g/mol. The van der Waals surface area contributed by atoms with Crippen LogP contribution in [0.1, 0.15) is 40.0 Å². The molecule has 1 atom stereocenters. The van der Waals surface area contributed by atoms with Crippen molar-refractivity contribution in [3.8, 4) is 0 Å². The quantitative estimate of drug-likeness (QED) is 0.759. The Morgan fingerprint density at radius 3 is 2.76 bits per heavy atom. The Morgan fingerprint density at radius 1 is 1.47 bits per heavy atom. The fourth-order valence-electron chi connectivity index (χ4n) is 2.27. The van der Waals surface area contributed by atoms with Gasteiger partial charge in [0.25, 0.3) is 0 Å². The van der Waals surface area contributed by atoms with Gasteiger partial charge >= 0.3 is 5.97 Å². The molecule has 100 valence electrons. The van der Waals surface area contributed by atoms with Crippen molar-refractivity contribution in [3.63, 3.8) is 0 Å². The molecule has 1 N–H and O–H groups in total. The van der Waals surface area contributed by atoms with Gasteiger partial charge in [0.15, 0.2) is 0 Å². The van der Waals surface area contributed by atoms with E-state index in [1.807, 2.05) is 20.8 Å². The van der Waals surface area contributed by atoms with E-state index in [0.717, 1.165) is 32.4 Å². The fourth-order valence-corrected chi connectivity index (χ4v) is 2.27. The second-order valence-electron chi connectivity index (χ2n) is 5.84. The molecule has 0 amide bonds. The highest BCUT2D eigenvalue weighted by Crippen LogP contribution is 2.19. The molecule has 17 heavy (non-hydrogen) atoms. The average Bonchev–Trinajstić information content (AvgIpc) is 2.15. The smallest absolute Gasteiger partial charge is 0.320 e. The molecule has 0 spiro atoms. The van der Waals surface area contributed by atoms with Gasteiger partial charge in [-0.3, -0.25) is 9.69 Å². The van der Waals surface area contributed by atoms with Crippen molar-refractivity contribution in [2.75, 3.05) is 26.2 Å². The number of aliphatic hydroxyl groups excluding tert-OH is 1. The summed E-state index contributed by atoms with van der Waals surface area (Å²) in [5, 5.41) is 8.93. The molecule has 1 aliphatic rings. The Kier molecular flexibility index (Phi) is 5.40. The van der Waals surface area contributed by atoms with Gasteiger partial charge in [0.2, 0.25) is 0 Å². The van der Waals surface area contributed by atoms with Crippen LogP contribution in [0, 0.1) is 5.92 Å². The average molecular weight is 243 g/mol. The Hall–Kier alpha value is -0.610. The van der Waals surface area contributed by atoms with Gasteiger partial charge < -0.3 is 9.84 Å². The Bertz CT molecular complexity index is 246. The van der Waals surface area contributed by atoms with Crippen LogP contribution >= 0.6 is 0 Å². The van der Waals surface area contributed by atoms with Crippen molar-refractivity contribution in [1.29, 1.82) is 0 Å². The number of piperidine rings is 1. The minimum Gasteiger partial charge on any atom is -0.459 e. The summed E-state index contributed by atoms with van der Waals surface area (Å²) in [6.07, 6.45) is 3.10. The molecule has 1 rings (SSSR count). The van der Waals surface area contributed by atoms with Crippen molar-refractivity contribution >= 4 is 5.97 Å². The molecule has 0 aliphatic carbocycles. The summed E-state index contributed by atoms with van der Waals surface area (Å²) in [4.78, 5) is 13.8. The maximum atomic E-state index is 11.7. The number of likely N-dealkylation sites (tertiary alicyclic amines) is 1. The molecule has 0 aromatic rings. The zero-order valence-electron chi connectivity index (χ0n) is 11.2. The van der Waals surface area contributed by atoms with E-state index >= 15 is 0 Å². The van der Waals surface area contributed by atoms with Gasteiger partial charge in [-0.15, -0.1) is 0 Å². The van der Waals surface area contributed by atoms with Crippen molar-refractivity contribution in [1.82, 2.24) is 4.90 Å². The first-order valence-corrected chi connectivity index (χ1v) is 6.46. The first kappa shape index (κ1) is 14.5. The van der Waals surface area contributed by atoms with Gasteiger partial charge in [0, 0.05) is 13.2 Å². The van der Waals surface area contributed by atoms with Crippen LogP contribution in [-0.2, 0) is 9.53 Å². The van der Waals surface area contributed by atoms with E-state index in [0.29, 0.717) is 12.5 Å². The van der Waals surface area contributed by atoms with Gasteiger partial charge in [-0.1, -0.05) is 0 Å². The molecule has 1 fully saturated rings. The number of hydrogen-bond acceptors (Lipinski definition) is 4. The Balaban J connectivity index is 2.33. The van der Waals surface area contributed by atoms with Gasteiger partial charge in [-0.25, -0.2) is 0 Å². The third-order valence-corrected chi connectivity index (χ3v) is 2.91. The first-order chi connectivity index (χ1) is 7.90. The number of esters is 1. The largest absolute Gasteiger partial charge is 0.459 e. The summed E-state index contributed by atoms with van der Waals surface area (Å²) in [5.41, 5.74) is -0.405. The molecule has 0 aromatic carbocycles. The summed E-state index contributed by atoms with van der Waals surface area (Å²) in [5.74, 6) is 0.373. The number of hydrogen-bond donors (Lipinski definition) is 1. The molecule has 0 aromatic heterocycles. The normalized spacial score (nSPS) is 22.5. The minimum atomic E-state index is -0.405. The zero-order valence-corrected chi connectivity index (χ0v) is 11.2. The highest BCUT2D eigenvalue weighted by atomic mass is 16.6. The number of carbonyl (C=O) groups is 1. The molecule has 0 radical (unpaired) electrons. The second kappa shape index (κ2) is 6.36. The van der Waals surface area contributed by atoms with E-state index in [1.165, 1.54) is 0 Å². The summed E-state index contributed by atoms with van der Waals surface area (Å²) in [7, 11) is 0. The minimum absolute atomic E-state index is 0.151. The molecule has 1 saturated heterocycles. The van der Waals surface area contributed by atoms with Crippen LogP contribution < -0.4 is 0 Å². The maximum Gasteiger partial charge on any atom is 0.320 e. The Morgan fingerprint density at radius 2 is 2.18 bits per heavy atom. The standard InChI is InChI=1S/C13H25NO3/c1-13(2,3)17-12(16)10-14-7-4-5-11(9-14)6-8-15/h11,15H,4-10H2,1-3H3. The predicted molar refractivity (Wildman–Crippen MR) is 66.7 cm³/mol. The van der Waals surface area contributed by atoms with Crippen LogP contribution in [0.5, 0.6) is 0 Å². The van der Waals surface area contributed by atoms with Crippen LogP contribution in [0.3, 0.4) is 0 Å². The highest BCUT2D eigenvalue weighted by molar-refractivity contribution is 5.72. The molecular weight excluding hydrogens is 218 g/mol. The SMILES string of the molecule is CC(C)(C)OC(=O)CN1CCCC(CCO)C1. The van der Waals surface area contributed by atoms with Crippen molar-refractivity contribution < 1.29 is 14.6 Å². The number of aliphatic hydroxyl groups is 1. The van der Waals surface area contributed by atoms with E-state index in [4.69, 9.17) is 9.84 Å². The van der Waals surface area contributed by atoms with Crippen LogP contribution in [-0.4, -0.2) is 47.8 Å². The van der Waals surface area contributed by atoms with Crippen LogP contribution in [0.25, 0.3) is 0 Å². The second-order valence-corrected chi connectivity index (χ2v) is 5.84. The summed E-state index contributed by atoms with van der Waals surface area (Å²) < 4.78 is 5.31. The van der Waals surface area contributed by atoms with Crippen LogP contribution in [0.4, 0.5) is 0 Å². The number of rotatable bonds is 4. The first-order valence-electron chi connectivity index (χ1n) is 6.46. The van der Waals surface area contributed by atoms with Gasteiger partial charge in [-0.05, 0) is 52.5 Å². The zero-order chi connectivity index (χ0) is 12.9.